The molecule has 5 rings (SSSR count). The van der Waals surface area contributed by atoms with Crippen LogP contribution in [0.15, 0.2) is 30.5 Å². The highest BCUT2D eigenvalue weighted by Gasteiger charge is 2.33. The van der Waals surface area contributed by atoms with Crippen molar-refractivity contribution in [3.8, 4) is 17.1 Å². The Morgan fingerprint density at radius 3 is 2.55 bits per heavy atom. The number of carbonyl (C=O) groups excluding carboxylic acids is 1. The molecule has 0 saturated carbocycles. The molecule has 13 heteroatoms. The van der Waals surface area contributed by atoms with Gasteiger partial charge in [-0.1, -0.05) is 0 Å². The topological polar surface area (TPSA) is 135 Å². The highest BCUT2D eigenvalue weighted by Crippen LogP contribution is 2.37. The molecule has 2 aromatic heterocycles. The van der Waals surface area contributed by atoms with E-state index in [4.69, 9.17) is 9.47 Å². The monoisotopic (exact) mass is 551 g/mol. The van der Waals surface area contributed by atoms with Crippen molar-refractivity contribution in [3.05, 3.63) is 42.0 Å². The largest absolute Gasteiger partial charge is 0.465 e. The predicted octanol–water partition coefficient (Wildman–Crippen LogP) is 3.24. The van der Waals surface area contributed by atoms with Gasteiger partial charge in [-0.2, -0.15) is 5.10 Å². The Balaban J connectivity index is 1.64. The number of hydrogen-bond donors (Lipinski definition) is 2. The summed E-state index contributed by atoms with van der Waals surface area (Å²) in [5.41, 5.74) is 1.77. The number of halogens is 1. The van der Waals surface area contributed by atoms with Gasteiger partial charge in [-0.15, -0.1) is 0 Å². The van der Waals surface area contributed by atoms with E-state index < -0.39 is 17.8 Å². The number of methoxy groups -OCH3 is 1. The van der Waals surface area contributed by atoms with Gasteiger partial charge in [-0.25, -0.2) is 19.2 Å². The van der Waals surface area contributed by atoms with Crippen molar-refractivity contribution in [2.75, 3.05) is 38.9 Å². The van der Waals surface area contributed by atoms with Crippen LogP contribution < -0.4 is 15.0 Å². The number of carboxylic acid groups (broad SMARTS) is 1. The molecular weight excluding hydrogens is 521 g/mol. The van der Waals surface area contributed by atoms with Gasteiger partial charge in [-0.3, -0.25) is 14.4 Å². The maximum atomic E-state index is 15.6. The molecule has 0 aliphatic carbocycles. The summed E-state index contributed by atoms with van der Waals surface area (Å²) in [5.74, 6) is -1.15. The van der Waals surface area contributed by atoms with Crippen molar-refractivity contribution in [3.63, 3.8) is 0 Å². The number of fused-ring (bicyclic) bond motifs is 2. The molecule has 0 radical (unpaired) electrons. The molecule has 1 fully saturated rings. The first-order valence-electron chi connectivity index (χ1n) is 12.7. The summed E-state index contributed by atoms with van der Waals surface area (Å²) < 4.78 is 27.6. The highest BCUT2D eigenvalue weighted by molar-refractivity contribution is 6.06. The Labute approximate surface area is 229 Å². The lowest BCUT2D eigenvalue weighted by Crippen LogP contribution is -2.58. The van der Waals surface area contributed by atoms with Gasteiger partial charge in [0.25, 0.3) is 5.91 Å². The van der Waals surface area contributed by atoms with Crippen LogP contribution in [-0.2, 0) is 11.8 Å². The minimum Gasteiger partial charge on any atom is -0.465 e. The van der Waals surface area contributed by atoms with Crippen LogP contribution in [0, 0.1) is 5.82 Å². The first kappa shape index (κ1) is 27.1. The number of aromatic nitrogens is 4. The fraction of sp³-hybridized carbons (Fsp3) is 0.370. The number of hydrogen-bond acceptors (Lipinski definition) is 8. The molecule has 12 nitrogen and oxygen atoms in total. The molecule has 4 aromatic rings. The average molecular weight is 552 g/mol. The summed E-state index contributed by atoms with van der Waals surface area (Å²) >= 11 is 0. The van der Waals surface area contributed by atoms with Crippen molar-refractivity contribution >= 4 is 39.5 Å². The van der Waals surface area contributed by atoms with Crippen molar-refractivity contribution in [1.29, 1.82) is 0 Å². The Hall–Kier alpha value is -4.52. The van der Waals surface area contributed by atoms with Crippen molar-refractivity contribution in [2.24, 2.45) is 7.05 Å². The zero-order valence-corrected chi connectivity index (χ0v) is 22.8. The number of benzene rings is 2. The number of piperazine rings is 1. The molecule has 210 valence electrons. The summed E-state index contributed by atoms with van der Waals surface area (Å²) in [5, 5.41) is 17.4. The van der Waals surface area contributed by atoms with Gasteiger partial charge in [0.2, 0.25) is 0 Å². The summed E-state index contributed by atoms with van der Waals surface area (Å²) in [6.45, 7) is 4.49. The van der Waals surface area contributed by atoms with E-state index in [0.717, 1.165) is 5.69 Å². The molecule has 0 unspecified atom stereocenters. The van der Waals surface area contributed by atoms with Gasteiger partial charge in [0.15, 0.2) is 24.2 Å². The Kier molecular flexibility index (Phi) is 7.15. The minimum atomic E-state index is -0.948. The summed E-state index contributed by atoms with van der Waals surface area (Å²) in [6, 6.07) is 6.69. The van der Waals surface area contributed by atoms with Crippen LogP contribution >= 0.6 is 0 Å². The Bertz CT molecular complexity index is 1610. The molecule has 2 atom stereocenters. The molecule has 2 aromatic carbocycles. The van der Waals surface area contributed by atoms with Gasteiger partial charge in [0.1, 0.15) is 11.2 Å². The van der Waals surface area contributed by atoms with E-state index in [-0.39, 0.29) is 47.2 Å². The van der Waals surface area contributed by atoms with E-state index >= 15 is 4.39 Å². The third kappa shape index (κ3) is 4.72. The molecule has 3 heterocycles. The number of amides is 2. The summed E-state index contributed by atoms with van der Waals surface area (Å²) in [6.07, 6.45) is 0.719. The van der Waals surface area contributed by atoms with Crippen LogP contribution in [0.25, 0.3) is 33.2 Å². The predicted molar refractivity (Wildman–Crippen MR) is 146 cm³/mol. The molecule has 1 aliphatic heterocycles. The van der Waals surface area contributed by atoms with Gasteiger partial charge < -0.3 is 24.8 Å². The average Bonchev–Trinajstić information content (AvgIpc) is 3.31. The van der Waals surface area contributed by atoms with Crippen LogP contribution in [0.2, 0.25) is 0 Å². The smallest absolute Gasteiger partial charge is 0.407 e. The minimum absolute atomic E-state index is 0.104. The van der Waals surface area contributed by atoms with Gasteiger partial charge in [-0.05, 0) is 38.1 Å². The van der Waals surface area contributed by atoms with Crippen LogP contribution in [0.1, 0.15) is 24.3 Å². The normalized spacial score (nSPS) is 17.4. The second kappa shape index (κ2) is 10.6. The summed E-state index contributed by atoms with van der Waals surface area (Å²) in [7, 11) is 4.61. The number of ether oxygens (including phenoxy) is 2. The maximum absolute atomic E-state index is 15.6. The lowest BCUT2D eigenvalue weighted by Gasteiger charge is -2.44. The molecular formula is C27H30FN7O5. The van der Waals surface area contributed by atoms with E-state index in [1.165, 1.54) is 23.7 Å². The SMILES string of the molecule is CNC(=O)c1nc(-c2cc3cn(C)nc3c(F)c2OCOC)nc2ccc(N3C[C@H](C)N(C(=O)O)[C@@H](C)C3)cc12. The van der Waals surface area contributed by atoms with Crippen LogP contribution in [-0.4, -0.2) is 87.9 Å². The van der Waals surface area contributed by atoms with Crippen LogP contribution in [0.3, 0.4) is 0 Å². The Morgan fingerprint density at radius 1 is 1.18 bits per heavy atom. The molecule has 2 amide bonds. The molecule has 1 saturated heterocycles. The van der Waals surface area contributed by atoms with Crippen molar-refractivity contribution < 1.29 is 28.6 Å². The van der Waals surface area contributed by atoms with E-state index in [2.05, 4.69) is 25.3 Å². The number of aryl methyl sites for hydroxylation is 1. The van der Waals surface area contributed by atoms with Gasteiger partial charge in [0.05, 0.1) is 23.2 Å². The third-order valence-corrected chi connectivity index (χ3v) is 7.00. The van der Waals surface area contributed by atoms with Crippen LogP contribution in [0.5, 0.6) is 5.75 Å². The zero-order valence-electron chi connectivity index (χ0n) is 22.8. The second-order valence-corrected chi connectivity index (χ2v) is 9.83. The lowest BCUT2D eigenvalue weighted by atomic mass is 10.1. The van der Waals surface area contributed by atoms with E-state index in [0.29, 0.717) is 29.4 Å². The van der Waals surface area contributed by atoms with Crippen molar-refractivity contribution in [1.82, 2.24) is 30.0 Å². The van der Waals surface area contributed by atoms with E-state index in [1.54, 1.807) is 25.4 Å². The lowest BCUT2D eigenvalue weighted by molar-refractivity contribution is 0.0489. The molecule has 40 heavy (non-hydrogen) atoms. The molecule has 0 bridgehead atoms. The van der Waals surface area contributed by atoms with Gasteiger partial charge in [0, 0.05) is 57.0 Å². The number of anilines is 1. The number of carbonyl (C=O) groups is 2. The Morgan fingerprint density at radius 2 is 1.90 bits per heavy atom. The number of nitrogens with zero attached hydrogens (tertiary/aromatic N) is 6. The van der Waals surface area contributed by atoms with Crippen molar-refractivity contribution in [2.45, 2.75) is 25.9 Å². The second-order valence-electron chi connectivity index (χ2n) is 9.83. The summed E-state index contributed by atoms with van der Waals surface area (Å²) in [4.78, 5) is 37.5. The third-order valence-electron chi connectivity index (χ3n) is 7.00. The molecule has 2 N–H and O–H groups in total. The highest BCUT2D eigenvalue weighted by atomic mass is 19.1. The number of nitrogens with one attached hydrogen (secondary N) is 1. The fourth-order valence-corrected chi connectivity index (χ4v) is 5.29. The number of rotatable bonds is 6. The van der Waals surface area contributed by atoms with E-state index in [1.807, 2.05) is 26.0 Å². The molecule has 1 aliphatic rings. The van der Waals surface area contributed by atoms with Gasteiger partial charge >= 0.3 is 6.09 Å². The van der Waals surface area contributed by atoms with E-state index in [9.17, 15) is 14.7 Å². The fourth-order valence-electron chi connectivity index (χ4n) is 5.29. The zero-order chi connectivity index (χ0) is 28.7. The first-order chi connectivity index (χ1) is 19.1. The molecule has 0 spiro atoms. The quantitative estimate of drug-likeness (QED) is 0.346. The standard InChI is InChI=1S/C27H30FN7O5/c1-14-10-34(11-15(2)35(14)27(37)38)17-6-7-20-18(9-17)23(26(36)29-3)31-25(30-20)19-8-16-12-33(4)32-22(16)21(28)24(19)40-13-39-5/h6-9,12,14-15H,10-11,13H2,1-5H3,(H,29,36)(H,37,38)/t14-,15-/m0/s1. The van der Waals surface area contributed by atoms with Crippen LogP contribution in [0.4, 0.5) is 14.9 Å². The first-order valence-corrected chi connectivity index (χ1v) is 12.7. The maximum Gasteiger partial charge on any atom is 0.407 e.